The molecule has 2 aromatic heterocycles. The molecule has 0 unspecified atom stereocenters. The van der Waals surface area contributed by atoms with Crippen LogP contribution in [0.5, 0.6) is 0 Å². The molecule has 0 spiro atoms. The number of hydrogen-bond acceptors (Lipinski definition) is 6. The number of rotatable bonds is 8. The number of aromatic nitrogens is 3. The molecule has 2 N–H and O–H groups in total. The molecule has 3 aromatic rings. The lowest BCUT2D eigenvalue weighted by Gasteiger charge is -2.34. The van der Waals surface area contributed by atoms with Crippen molar-refractivity contribution in [3.63, 3.8) is 0 Å². The highest BCUT2D eigenvalue weighted by Crippen LogP contribution is 2.10. The third kappa shape index (κ3) is 5.55. The van der Waals surface area contributed by atoms with Gasteiger partial charge in [0.1, 0.15) is 5.65 Å². The minimum absolute atomic E-state index is 0.241. The highest BCUT2D eigenvalue weighted by Gasteiger charge is 2.17. The molecule has 9 nitrogen and oxygen atoms in total. The van der Waals surface area contributed by atoms with Crippen LogP contribution < -0.4 is 16.6 Å². The van der Waals surface area contributed by atoms with Gasteiger partial charge >= 0.3 is 5.69 Å². The normalized spacial score (nSPS) is 15.1. The van der Waals surface area contributed by atoms with E-state index in [2.05, 4.69) is 49.4 Å². The SMILES string of the molecule is CCCn1c(=O)[nH]c(=O)c2cc(C(=O)NCCN3CCN(Cc4ccccc4)CC3)cnc21. The summed E-state index contributed by atoms with van der Waals surface area (Å²) in [6, 6.07) is 12.0. The number of amides is 1. The number of carbonyl (C=O) groups excluding carboxylic acids is 1. The maximum atomic E-state index is 12.6. The van der Waals surface area contributed by atoms with Crippen LogP contribution >= 0.6 is 0 Å². The molecule has 0 radical (unpaired) electrons. The van der Waals surface area contributed by atoms with Crippen LogP contribution in [0.4, 0.5) is 0 Å². The molecular weight excluding hydrogens is 420 g/mol. The first-order valence-corrected chi connectivity index (χ1v) is 11.4. The van der Waals surface area contributed by atoms with Crippen LogP contribution in [0.15, 0.2) is 52.2 Å². The Bertz CT molecular complexity index is 1210. The monoisotopic (exact) mass is 450 g/mol. The molecule has 3 heterocycles. The van der Waals surface area contributed by atoms with Gasteiger partial charge in [0.15, 0.2) is 0 Å². The van der Waals surface area contributed by atoms with E-state index in [1.165, 1.54) is 22.4 Å². The molecule has 0 bridgehead atoms. The van der Waals surface area contributed by atoms with Gasteiger partial charge in [-0.1, -0.05) is 37.3 Å². The van der Waals surface area contributed by atoms with Gasteiger partial charge in [-0.25, -0.2) is 9.78 Å². The number of pyridine rings is 1. The zero-order chi connectivity index (χ0) is 23.2. The molecule has 1 aliphatic rings. The van der Waals surface area contributed by atoms with Crippen LogP contribution in [0, 0.1) is 0 Å². The van der Waals surface area contributed by atoms with E-state index in [4.69, 9.17) is 0 Å². The van der Waals surface area contributed by atoms with Crippen molar-refractivity contribution in [1.29, 1.82) is 0 Å². The molecule has 1 fully saturated rings. The molecule has 1 amide bonds. The number of benzene rings is 1. The zero-order valence-corrected chi connectivity index (χ0v) is 18.9. The van der Waals surface area contributed by atoms with Gasteiger partial charge in [-0.3, -0.25) is 28.9 Å². The third-order valence-corrected chi connectivity index (χ3v) is 5.97. The summed E-state index contributed by atoms with van der Waals surface area (Å²) in [6.45, 7) is 8.56. The summed E-state index contributed by atoms with van der Waals surface area (Å²) in [6.07, 6.45) is 2.15. The van der Waals surface area contributed by atoms with Gasteiger partial charge in [-0.05, 0) is 18.1 Å². The Kier molecular flexibility index (Phi) is 7.31. The quantitative estimate of drug-likeness (QED) is 0.532. The summed E-state index contributed by atoms with van der Waals surface area (Å²) in [7, 11) is 0. The predicted octanol–water partition coefficient (Wildman–Crippen LogP) is 1.04. The van der Waals surface area contributed by atoms with Gasteiger partial charge < -0.3 is 5.32 Å². The average Bonchev–Trinajstić information content (AvgIpc) is 2.83. The standard InChI is InChI=1S/C24H30N6O3/c1-2-9-30-21-20(23(32)27-24(30)33)15-19(16-26-21)22(31)25-8-10-28-11-13-29(14-12-28)17-18-6-4-3-5-7-18/h3-7,15-16H,2,8-14,17H2,1H3,(H,25,31)(H,27,32,33). The van der Waals surface area contributed by atoms with E-state index < -0.39 is 11.2 Å². The lowest BCUT2D eigenvalue weighted by Crippen LogP contribution is -2.48. The van der Waals surface area contributed by atoms with Gasteiger partial charge in [-0.2, -0.15) is 0 Å². The maximum absolute atomic E-state index is 12.6. The Labute approximate surface area is 192 Å². The Morgan fingerprint density at radius 3 is 2.52 bits per heavy atom. The predicted molar refractivity (Wildman–Crippen MR) is 127 cm³/mol. The van der Waals surface area contributed by atoms with Crippen LogP contribution in [-0.4, -0.2) is 69.5 Å². The van der Waals surface area contributed by atoms with Crippen LogP contribution in [0.3, 0.4) is 0 Å². The number of carbonyl (C=O) groups is 1. The first kappa shape index (κ1) is 22.9. The number of H-pyrrole nitrogens is 1. The summed E-state index contributed by atoms with van der Waals surface area (Å²) in [5.41, 5.74) is 0.923. The van der Waals surface area contributed by atoms with E-state index in [0.29, 0.717) is 24.3 Å². The molecule has 1 aliphatic heterocycles. The van der Waals surface area contributed by atoms with E-state index in [-0.39, 0.29) is 11.3 Å². The number of piperazine rings is 1. The van der Waals surface area contributed by atoms with Crippen LogP contribution in [0.2, 0.25) is 0 Å². The van der Waals surface area contributed by atoms with Gasteiger partial charge in [0.25, 0.3) is 11.5 Å². The van der Waals surface area contributed by atoms with Gasteiger partial charge in [0.05, 0.1) is 10.9 Å². The van der Waals surface area contributed by atoms with Gasteiger partial charge in [0, 0.05) is 58.6 Å². The highest BCUT2D eigenvalue weighted by atomic mass is 16.2. The number of hydrogen-bond donors (Lipinski definition) is 2. The Morgan fingerprint density at radius 2 is 1.79 bits per heavy atom. The number of nitrogens with one attached hydrogen (secondary N) is 2. The number of aromatic amines is 1. The fourth-order valence-electron chi connectivity index (χ4n) is 4.17. The molecule has 0 aliphatic carbocycles. The molecule has 9 heteroatoms. The van der Waals surface area contributed by atoms with Crippen molar-refractivity contribution in [3.05, 3.63) is 74.6 Å². The first-order valence-electron chi connectivity index (χ1n) is 11.4. The minimum Gasteiger partial charge on any atom is -0.351 e. The molecule has 174 valence electrons. The number of fused-ring (bicyclic) bond motifs is 1. The summed E-state index contributed by atoms with van der Waals surface area (Å²) in [5, 5.41) is 3.16. The molecule has 1 saturated heterocycles. The topological polar surface area (TPSA) is 103 Å². The lowest BCUT2D eigenvalue weighted by molar-refractivity contribution is 0.0934. The van der Waals surface area contributed by atoms with Crippen LogP contribution in [0.1, 0.15) is 29.3 Å². The smallest absolute Gasteiger partial charge is 0.329 e. The van der Waals surface area contributed by atoms with Crippen molar-refractivity contribution in [2.24, 2.45) is 0 Å². The second kappa shape index (κ2) is 10.5. The van der Waals surface area contributed by atoms with Crippen LogP contribution in [-0.2, 0) is 13.1 Å². The van der Waals surface area contributed by atoms with E-state index in [0.717, 1.165) is 45.7 Å². The summed E-state index contributed by atoms with van der Waals surface area (Å²) in [4.78, 5) is 48.2. The number of nitrogens with zero attached hydrogens (tertiary/aromatic N) is 4. The van der Waals surface area contributed by atoms with E-state index in [9.17, 15) is 14.4 Å². The van der Waals surface area contributed by atoms with Crippen molar-refractivity contribution < 1.29 is 4.79 Å². The molecular formula is C24H30N6O3. The van der Waals surface area contributed by atoms with Crippen molar-refractivity contribution in [2.45, 2.75) is 26.4 Å². The number of aryl methyl sites for hydroxylation is 1. The Balaban J connectivity index is 1.29. The third-order valence-electron chi connectivity index (χ3n) is 5.97. The largest absolute Gasteiger partial charge is 0.351 e. The average molecular weight is 451 g/mol. The van der Waals surface area contributed by atoms with Crippen molar-refractivity contribution >= 4 is 16.9 Å². The summed E-state index contributed by atoms with van der Waals surface area (Å²) in [5.74, 6) is -0.278. The maximum Gasteiger partial charge on any atom is 0.329 e. The fourth-order valence-corrected chi connectivity index (χ4v) is 4.17. The van der Waals surface area contributed by atoms with Crippen molar-refractivity contribution in [1.82, 2.24) is 29.7 Å². The van der Waals surface area contributed by atoms with E-state index in [1.54, 1.807) is 0 Å². The van der Waals surface area contributed by atoms with E-state index >= 15 is 0 Å². The van der Waals surface area contributed by atoms with Crippen molar-refractivity contribution in [3.8, 4) is 0 Å². The zero-order valence-electron chi connectivity index (χ0n) is 18.9. The second-order valence-electron chi connectivity index (χ2n) is 8.37. The Morgan fingerprint density at radius 1 is 1.06 bits per heavy atom. The second-order valence-corrected chi connectivity index (χ2v) is 8.37. The van der Waals surface area contributed by atoms with Gasteiger partial charge in [0.2, 0.25) is 0 Å². The van der Waals surface area contributed by atoms with Crippen LogP contribution in [0.25, 0.3) is 11.0 Å². The molecule has 0 atom stereocenters. The molecule has 4 rings (SSSR count). The van der Waals surface area contributed by atoms with Crippen molar-refractivity contribution in [2.75, 3.05) is 39.3 Å². The first-order chi connectivity index (χ1) is 16.0. The van der Waals surface area contributed by atoms with E-state index in [1.807, 2.05) is 13.0 Å². The molecule has 1 aromatic carbocycles. The summed E-state index contributed by atoms with van der Waals surface area (Å²) >= 11 is 0. The fraction of sp³-hybridized carbons (Fsp3) is 0.417. The Hall–Kier alpha value is -3.30. The molecule has 0 saturated carbocycles. The molecule has 33 heavy (non-hydrogen) atoms. The summed E-state index contributed by atoms with van der Waals surface area (Å²) < 4.78 is 1.43. The van der Waals surface area contributed by atoms with Gasteiger partial charge in [-0.15, -0.1) is 0 Å². The highest BCUT2D eigenvalue weighted by molar-refractivity contribution is 5.96. The minimum atomic E-state index is -0.530. The lowest BCUT2D eigenvalue weighted by atomic mass is 10.2.